The summed E-state index contributed by atoms with van der Waals surface area (Å²) in [6.45, 7) is 0.725. The van der Waals surface area contributed by atoms with Crippen LogP contribution in [0.5, 0.6) is 0 Å². The van der Waals surface area contributed by atoms with E-state index in [-0.39, 0.29) is 0 Å². The molecule has 2 fully saturated rings. The highest BCUT2D eigenvalue weighted by Crippen LogP contribution is 2.53. The first-order valence-electron chi connectivity index (χ1n) is 6.07. The van der Waals surface area contributed by atoms with Crippen molar-refractivity contribution in [1.82, 2.24) is 0 Å². The van der Waals surface area contributed by atoms with Crippen molar-refractivity contribution in [1.29, 1.82) is 0 Å². The first kappa shape index (κ1) is 10.4. The van der Waals surface area contributed by atoms with E-state index in [0.29, 0.717) is 13.2 Å². The second-order valence-corrected chi connectivity index (χ2v) is 5.13. The lowest BCUT2D eigenvalue weighted by atomic mass is 9.79. The first-order valence-corrected chi connectivity index (χ1v) is 6.07. The summed E-state index contributed by atoms with van der Waals surface area (Å²) in [6, 6.07) is 0. The third-order valence-corrected chi connectivity index (χ3v) is 4.38. The van der Waals surface area contributed by atoms with E-state index in [1.165, 1.54) is 25.7 Å². The molecule has 2 heteroatoms. The highest BCUT2D eigenvalue weighted by Gasteiger charge is 2.44. The standard InChI is InChI=1S/C12H22O2/c13-4-1-2-9-6-12-8-11(9)7-10(12)3-5-14/h9-14H,1-8H2. The minimum atomic E-state index is 0.355. The quantitative estimate of drug-likeness (QED) is 0.707. The summed E-state index contributed by atoms with van der Waals surface area (Å²) in [5.41, 5.74) is 0. The van der Waals surface area contributed by atoms with Gasteiger partial charge in [0.2, 0.25) is 0 Å². The Hall–Kier alpha value is -0.0800. The third kappa shape index (κ3) is 1.96. The number of rotatable bonds is 5. The topological polar surface area (TPSA) is 40.5 Å². The third-order valence-electron chi connectivity index (χ3n) is 4.38. The van der Waals surface area contributed by atoms with Gasteiger partial charge in [-0.2, -0.15) is 0 Å². The molecule has 0 saturated heterocycles. The van der Waals surface area contributed by atoms with Crippen molar-refractivity contribution < 1.29 is 10.2 Å². The molecule has 2 N–H and O–H groups in total. The van der Waals surface area contributed by atoms with Crippen LogP contribution in [0.15, 0.2) is 0 Å². The molecule has 2 bridgehead atoms. The molecule has 0 amide bonds. The van der Waals surface area contributed by atoms with Gasteiger partial charge in [0.15, 0.2) is 0 Å². The lowest BCUT2D eigenvalue weighted by Gasteiger charge is -2.27. The second-order valence-electron chi connectivity index (χ2n) is 5.13. The SMILES string of the molecule is OCCCC1CC2CC1CC2CCO. The van der Waals surface area contributed by atoms with Crippen molar-refractivity contribution >= 4 is 0 Å². The van der Waals surface area contributed by atoms with Crippen molar-refractivity contribution in [2.45, 2.75) is 38.5 Å². The number of fused-ring (bicyclic) bond motifs is 2. The molecule has 4 unspecified atom stereocenters. The van der Waals surface area contributed by atoms with E-state index in [1.54, 1.807) is 0 Å². The predicted octanol–water partition coefficient (Wildman–Crippen LogP) is 1.80. The molecule has 2 saturated carbocycles. The van der Waals surface area contributed by atoms with Gasteiger partial charge in [-0.1, -0.05) is 0 Å². The molecule has 14 heavy (non-hydrogen) atoms. The van der Waals surface area contributed by atoms with Gasteiger partial charge in [-0.3, -0.25) is 0 Å². The van der Waals surface area contributed by atoms with Crippen molar-refractivity contribution in [2.24, 2.45) is 23.7 Å². The van der Waals surface area contributed by atoms with Gasteiger partial charge < -0.3 is 10.2 Å². The van der Waals surface area contributed by atoms with Crippen molar-refractivity contribution in [3.8, 4) is 0 Å². The molecule has 4 atom stereocenters. The van der Waals surface area contributed by atoms with E-state index >= 15 is 0 Å². The Morgan fingerprint density at radius 1 is 0.786 bits per heavy atom. The van der Waals surface area contributed by atoms with Crippen LogP contribution in [0.1, 0.15) is 38.5 Å². The monoisotopic (exact) mass is 198 g/mol. The van der Waals surface area contributed by atoms with Gasteiger partial charge in [-0.25, -0.2) is 0 Å². The molecule has 0 radical (unpaired) electrons. The smallest absolute Gasteiger partial charge is 0.0433 e. The van der Waals surface area contributed by atoms with Crippen LogP contribution in [-0.4, -0.2) is 23.4 Å². The molecule has 0 aliphatic heterocycles. The largest absolute Gasteiger partial charge is 0.396 e. The molecular weight excluding hydrogens is 176 g/mol. The summed E-state index contributed by atoms with van der Waals surface area (Å²) < 4.78 is 0. The van der Waals surface area contributed by atoms with Crippen LogP contribution in [0.2, 0.25) is 0 Å². The Morgan fingerprint density at radius 2 is 1.43 bits per heavy atom. The molecule has 0 aromatic rings. The maximum atomic E-state index is 8.93. The zero-order chi connectivity index (χ0) is 9.97. The normalized spacial score (nSPS) is 40.7. The van der Waals surface area contributed by atoms with Crippen LogP contribution >= 0.6 is 0 Å². The maximum Gasteiger partial charge on any atom is 0.0433 e. The van der Waals surface area contributed by atoms with Gasteiger partial charge in [-0.05, 0) is 62.2 Å². The van der Waals surface area contributed by atoms with Crippen LogP contribution < -0.4 is 0 Å². The molecule has 82 valence electrons. The molecule has 0 aromatic heterocycles. The molecule has 0 aromatic carbocycles. The maximum absolute atomic E-state index is 8.93. The van der Waals surface area contributed by atoms with Crippen molar-refractivity contribution in [3.63, 3.8) is 0 Å². The Labute approximate surface area is 86.3 Å². The molecular formula is C12H22O2. The minimum absolute atomic E-state index is 0.355. The number of aliphatic hydroxyl groups excluding tert-OH is 2. The predicted molar refractivity (Wildman–Crippen MR) is 55.8 cm³/mol. The summed E-state index contributed by atoms with van der Waals surface area (Å²) in [7, 11) is 0. The number of aliphatic hydroxyl groups is 2. The van der Waals surface area contributed by atoms with Crippen LogP contribution in [-0.2, 0) is 0 Å². The average Bonchev–Trinajstić information content (AvgIpc) is 2.74. The summed E-state index contributed by atoms with van der Waals surface area (Å²) >= 11 is 0. The van der Waals surface area contributed by atoms with Gasteiger partial charge in [0.25, 0.3) is 0 Å². The van der Waals surface area contributed by atoms with Crippen LogP contribution in [0.25, 0.3) is 0 Å². The number of hydrogen-bond donors (Lipinski definition) is 2. The van der Waals surface area contributed by atoms with Crippen molar-refractivity contribution in [2.75, 3.05) is 13.2 Å². The Kier molecular flexibility index (Phi) is 3.45. The van der Waals surface area contributed by atoms with Crippen LogP contribution in [0, 0.1) is 23.7 Å². The Bertz CT molecular complexity index is 181. The Balaban J connectivity index is 1.78. The van der Waals surface area contributed by atoms with Gasteiger partial charge in [0.05, 0.1) is 0 Å². The highest BCUT2D eigenvalue weighted by molar-refractivity contribution is 4.94. The average molecular weight is 198 g/mol. The molecule has 2 aliphatic rings. The zero-order valence-corrected chi connectivity index (χ0v) is 8.86. The van der Waals surface area contributed by atoms with Gasteiger partial charge in [0, 0.05) is 13.2 Å². The van der Waals surface area contributed by atoms with E-state index in [9.17, 15) is 0 Å². The van der Waals surface area contributed by atoms with Gasteiger partial charge in [0.1, 0.15) is 0 Å². The van der Waals surface area contributed by atoms with Crippen molar-refractivity contribution in [3.05, 3.63) is 0 Å². The summed E-state index contributed by atoms with van der Waals surface area (Å²) in [6.07, 6.45) is 7.35. The molecule has 0 heterocycles. The van der Waals surface area contributed by atoms with Crippen LogP contribution in [0.3, 0.4) is 0 Å². The van der Waals surface area contributed by atoms with E-state index < -0.39 is 0 Å². The lowest BCUT2D eigenvalue weighted by molar-refractivity contribution is 0.183. The van der Waals surface area contributed by atoms with E-state index in [1.807, 2.05) is 0 Å². The minimum Gasteiger partial charge on any atom is -0.396 e. The summed E-state index contributed by atoms with van der Waals surface area (Å²) in [5.74, 6) is 3.52. The zero-order valence-electron chi connectivity index (χ0n) is 8.86. The van der Waals surface area contributed by atoms with E-state index in [4.69, 9.17) is 10.2 Å². The first-order chi connectivity index (χ1) is 6.85. The molecule has 0 spiro atoms. The fourth-order valence-electron chi connectivity index (χ4n) is 3.74. The second kappa shape index (κ2) is 4.63. The van der Waals surface area contributed by atoms with Crippen LogP contribution in [0.4, 0.5) is 0 Å². The molecule has 2 aliphatic carbocycles. The molecule has 2 rings (SSSR count). The number of hydrogen-bond acceptors (Lipinski definition) is 2. The van der Waals surface area contributed by atoms with E-state index in [0.717, 1.165) is 36.5 Å². The lowest BCUT2D eigenvalue weighted by Crippen LogP contribution is -2.19. The van der Waals surface area contributed by atoms with Gasteiger partial charge >= 0.3 is 0 Å². The summed E-state index contributed by atoms with van der Waals surface area (Å²) in [4.78, 5) is 0. The summed E-state index contributed by atoms with van der Waals surface area (Å²) in [5, 5.41) is 17.7. The fraction of sp³-hybridized carbons (Fsp3) is 1.00. The highest BCUT2D eigenvalue weighted by atomic mass is 16.3. The Morgan fingerprint density at radius 3 is 1.93 bits per heavy atom. The fourth-order valence-corrected chi connectivity index (χ4v) is 3.74. The van der Waals surface area contributed by atoms with E-state index in [2.05, 4.69) is 0 Å². The molecule has 2 nitrogen and oxygen atoms in total. The van der Waals surface area contributed by atoms with Gasteiger partial charge in [-0.15, -0.1) is 0 Å².